The standard InChI is InChI=1S/C10H15NOSi/c1-5-6(2)8(4-12)9(11)10(13)7(5)3/h4H,11H2,1-3,13H3. The molecular formula is C10H15NOSi. The molecule has 0 saturated carbocycles. The van der Waals surface area contributed by atoms with Gasteiger partial charge in [0.05, 0.1) is 0 Å². The van der Waals surface area contributed by atoms with Crippen molar-refractivity contribution in [3.63, 3.8) is 0 Å². The van der Waals surface area contributed by atoms with Gasteiger partial charge < -0.3 is 5.73 Å². The van der Waals surface area contributed by atoms with Crippen molar-refractivity contribution in [3.05, 3.63) is 22.3 Å². The molecule has 0 aliphatic heterocycles. The Morgan fingerprint density at radius 1 is 1.15 bits per heavy atom. The highest BCUT2D eigenvalue weighted by Crippen LogP contribution is 2.19. The molecule has 0 aromatic heterocycles. The SMILES string of the molecule is Cc1c(C)c([SiH3])c(N)c(C=O)c1C. The van der Waals surface area contributed by atoms with Gasteiger partial charge in [0, 0.05) is 21.5 Å². The maximum Gasteiger partial charge on any atom is 0.152 e. The lowest BCUT2D eigenvalue weighted by Gasteiger charge is -2.14. The second-order valence-corrected chi connectivity index (χ2v) is 4.45. The smallest absolute Gasteiger partial charge is 0.152 e. The summed E-state index contributed by atoms with van der Waals surface area (Å²) in [6.07, 6.45) is 0.860. The number of aldehydes is 1. The van der Waals surface area contributed by atoms with E-state index in [9.17, 15) is 4.79 Å². The van der Waals surface area contributed by atoms with Crippen molar-refractivity contribution >= 4 is 27.4 Å². The Hall–Kier alpha value is -1.09. The van der Waals surface area contributed by atoms with Crippen LogP contribution >= 0.6 is 0 Å². The molecule has 0 bridgehead atoms. The Kier molecular flexibility index (Phi) is 2.57. The number of rotatable bonds is 1. The van der Waals surface area contributed by atoms with Crippen molar-refractivity contribution in [2.75, 3.05) is 5.73 Å². The van der Waals surface area contributed by atoms with Crippen LogP contribution in [0.15, 0.2) is 0 Å². The van der Waals surface area contributed by atoms with E-state index >= 15 is 0 Å². The molecule has 0 spiro atoms. The van der Waals surface area contributed by atoms with Gasteiger partial charge in [0.15, 0.2) is 6.29 Å². The first-order valence-corrected chi connectivity index (χ1v) is 5.31. The zero-order valence-corrected chi connectivity index (χ0v) is 10.6. The van der Waals surface area contributed by atoms with Crippen molar-refractivity contribution in [2.45, 2.75) is 20.8 Å². The molecule has 2 nitrogen and oxygen atoms in total. The summed E-state index contributed by atoms with van der Waals surface area (Å²) >= 11 is 0. The van der Waals surface area contributed by atoms with Crippen molar-refractivity contribution < 1.29 is 4.79 Å². The molecule has 3 heteroatoms. The molecule has 13 heavy (non-hydrogen) atoms. The van der Waals surface area contributed by atoms with Crippen LogP contribution in [0.5, 0.6) is 0 Å². The molecule has 0 unspecified atom stereocenters. The van der Waals surface area contributed by atoms with Gasteiger partial charge in [-0.1, -0.05) is 0 Å². The average Bonchev–Trinajstić information content (AvgIpc) is 2.13. The van der Waals surface area contributed by atoms with Crippen LogP contribution in [0.25, 0.3) is 0 Å². The molecule has 0 heterocycles. The highest BCUT2D eigenvalue weighted by molar-refractivity contribution is 6.37. The van der Waals surface area contributed by atoms with E-state index in [-0.39, 0.29) is 0 Å². The van der Waals surface area contributed by atoms with Gasteiger partial charge in [-0.05, 0) is 42.6 Å². The minimum absolute atomic E-state index is 0.674. The normalized spacial score (nSPS) is 10.4. The van der Waals surface area contributed by atoms with Gasteiger partial charge in [-0.3, -0.25) is 4.79 Å². The van der Waals surface area contributed by atoms with E-state index in [2.05, 4.69) is 6.92 Å². The van der Waals surface area contributed by atoms with E-state index in [0.717, 1.165) is 27.3 Å². The number of nitrogens with two attached hydrogens (primary N) is 1. The molecule has 1 aromatic rings. The second-order valence-electron chi connectivity index (χ2n) is 3.45. The van der Waals surface area contributed by atoms with E-state index in [1.165, 1.54) is 11.1 Å². The van der Waals surface area contributed by atoms with Crippen molar-refractivity contribution in [1.29, 1.82) is 0 Å². The number of carbonyl (C=O) groups is 1. The first-order valence-electron chi connectivity index (χ1n) is 4.31. The average molecular weight is 193 g/mol. The lowest BCUT2D eigenvalue weighted by atomic mass is 9.97. The number of hydrogen-bond donors (Lipinski definition) is 1. The summed E-state index contributed by atoms with van der Waals surface area (Å²) in [5.41, 5.74) is 10.7. The van der Waals surface area contributed by atoms with Crippen LogP contribution < -0.4 is 10.9 Å². The van der Waals surface area contributed by atoms with Crippen LogP contribution in [0.2, 0.25) is 0 Å². The highest BCUT2D eigenvalue weighted by Gasteiger charge is 2.11. The third kappa shape index (κ3) is 1.39. The molecule has 0 saturated heterocycles. The van der Waals surface area contributed by atoms with Crippen LogP contribution in [-0.2, 0) is 0 Å². The predicted molar refractivity (Wildman–Crippen MR) is 60.0 cm³/mol. The number of carbonyl (C=O) groups excluding carboxylic acids is 1. The lowest BCUT2D eigenvalue weighted by Crippen LogP contribution is -2.19. The fourth-order valence-corrected chi connectivity index (χ4v) is 2.17. The summed E-state index contributed by atoms with van der Waals surface area (Å²) in [7, 11) is 0.894. The zero-order chi connectivity index (χ0) is 10.2. The summed E-state index contributed by atoms with van der Waals surface area (Å²) in [6.45, 7) is 6.05. The maximum absolute atomic E-state index is 10.8. The molecule has 0 amide bonds. The van der Waals surface area contributed by atoms with Gasteiger partial charge in [-0.25, -0.2) is 0 Å². The van der Waals surface area contributed by atoms with Crippen molar-refractivity contribution in [3.8, 4) is 0 Å². The quantitative estimate of drug-likeness (QED) is 0.387. The molecule has 0 aliphatic carbocycles. The molecule has 0 radical (unpaired) electrons. The molecule has 70 valence electrons. The van der Waals surface area contributed by atoms with Crippen LogP contribution in [-0.4, -0.2) is 16.5 Å². The monoisotopic (exact) mass is 193 g/mol. The fourth-order valence-electron chi connectivity index (χ4n) is 1.52. The Morgan fingerprint density at radius 2 is 1.69 bits per heavy atom. The summed E-state index contributed by atoms with van der Waals surface area (Å²) in [5, 5.41) is 1.16. The summed E-state index contributed by atoms with van der Waals surface area (Å²) in [6, 6.07) is 0. The minimum atomic E-state index is 0.674. The molecular weight excluding hydrogens is 178 g/mol. The van der Waals surface area contributed by atoms with Crippen molar-refractivity contribution in [1.82, 2.24) is 0 Å². The molecule has 0 aliphatic rings. The van der Waals surface area contributed by atoms with Gasteiger partial charge in [-0.2, -0.15) is 0 Å². The van der Waals surface area contributed by atoms with Crippen molar-refractivity contribution in [2.24, 2.45) is 0 Å². The van der Waals surface area contributed by atoms with E-state index in [4.69, 9.17) is 5.73 Å². The summed E-state index contributed by atoms with van der Waals surface area (Å²) in [4.78, 5) is 10.8. The van der Waals surface area contributed by atoms with Gasteiger partial charge in [0.2, 0.25) is 0 Å². The lowest BCUT2D eigenvalue weighted by molar-refractivity contribution is 0.112. The molecule has 0 atom stereocenters. The molecule has 1 rings (SSSR count). The molecule has 1 aromatic carbocycles. The second kappa shape index (κ2) is 3.34. The van der Waals surface area contributed by atoms with Gasteiger partial charge in [-0.15, -0.1) is 0 Å². The molecule has 2 N–H and O–H groups in total. The van der Waals surface area contributed by atoms with Gasteiger partial charge in [0.1, 0.15) is 0 Å². The van der Waals surface area contributed by atoms with Crippen LogP contribution in [0.4, 0.5) is 5.69 Å². The van der Waals surface area contributed by atoms with Crippen LogP contribution in [0, 0.1) is 20.8 Å². The zero-order valence-electron chi connectivity index (χ0n) is 8.56. The maximum atomic E-state index is 10.8. The topological polar surface area (TPSA) is 43.1 Å². The van der Waals surface area contributed by atoms with Crippen LogP contribution in [0.1, 0.15) is 27.0 Å². The first kappa shape index (κ1) is 9.99. The van der Waals surface area contributed by atoms with E-state index in [1.807, 2.05) is 13.8 Å². The van der Waals surface area contributed by atoms with Crippen LogP contribution in [0.3, 0.4) is 0 Å². The minimum Gasteiger partial charge on any atom is -0.398 e. The molecule has 0 fully saturated rings. The van der Waals surface area contributed by atoms with E-state index in [0.29, 0.717) is 11.3 Å². The number of hydrogen-bond acceptors (Lipinski definition) is 2. The summed E-state index contributed by atoms with van der Waals surface area (Å²) < 4.78 is 0. The van der Waals surface area contributed by atoms with E-state index in [1.54, 1.807) is 0 Å². The fraction of sp³-hybridized carbons (Fsp3) is 0.300. The summed E-state index contributed by atoms with van der Waals surface area (Å²) in [5.74, 6) is 0. The van der Waals surface area contributed by atoms with E-state index < -0.39 is 0 Å². The Balaban J connectivity index is 3.66. The number of anilines is 1. The first-order chi connectivity index (χ1) is 6.00. The largest absolute Gasteiger partial charge is 0.398 e. The Labute approximate surface area is 81.6 Å². The predicted octanol–water partition coefficient (Wildman–Crippen LogP) is -0.00274. The van der Waals surface area contributed by atoms with Gasteiger partial charge >= 0.3 is 0 Å². The Bertz CT molecular complexity index is 343. The highest BCUT2D eigenvalue weighted by atomic mass is 28.1. The third-order valence-electron chi connectivity index (χ3n) is 2.90. The number of nitrogen functional groups attached to an aromatic ring is 1. The number of benzene rings is 1. The third-order valence-corrected chi connectivity index (χ3v) is 4.19. The van der Waals surface area contributed by atoms with Gasteiger partial charge in [0.25, 0.3) is 0 Å². The Morgan fingerprint density at radius 3 is 2.15 bits per heavy atom.